The van der Waals surface area contributed by atoms with Crippen LogP contribution in [-0.2, 0) is 0 Å². The van der Waals surface area contributed by atoms with Crippen LogP contribution in [0.2, 0.25) is 0 Å². The van der Waals surface area contributed by atoms with Crippen molar-refractivity contribution in [1.82, 2.24) is 4.90 Å². The molecule has 21 heavy (non-hydrogen) atoms. The molecule has 1 aliphatic heterocycles. The van der Waals surface area contributed by atoms with Crippen LogP contribution in [-0.4, -0.2) is 16.8 Å². The largest absolute Gasteiger partial charge is 0.360 e. The number of hydrogen-bond acceptors (Lipinski definition) is 3. The average Bonchev–Trinajstić information content (AvgIpc) is 2.93. The molecule has 1 aromatic heterocycles. The molecule has 2 aromatic rings. The number of carbonyl (C=O) groups is 1. The number of para-hydroxylation sites is 1. The summed E-state index contributed by atoms with van der Waals surface area (Å²) in [4.78, 5) is 16.0. The molecule has 5 heteroatoms. The summed E-state index contributed by atoms with van der Waals surface area (Å²) in [6, 6.07) is 10.00. The van der Waals surface area contributed by atoms with E-state index in [0.29, 0.717) is 0 Å². The van der Waals surface area contributed by atoms with Gasteiger partial charge in [-0.1, -0.05) is 19.1 Å². The number of rotatable bonds is 3. The van der Waals surface area contributed by atoms with Crippen LogP contribution in [0.15, 0.2) is 40.2 Å². The summed E-state index contributed by atoms with van der Waals surface area (Å²) in [5.74, 6) is 0.105. The molecule has 1 amide bonds. The van der Waals surface area contributed by atoms with Gasteiger partial charge in [0.25, 0.3) is 5.91 Å². The normalized spacial score (nSPS) is 19.1. The predicted octanol–water partition coefficient (Wildman–Crippen LogP) is 4.88. The minimum atomic E-state index is -0.0985. The number of carbonyl (C=O) groups excluding carboxylic acids is 1. The lowest BCUT2D eigenvalue weighted by molar-refractivity contribution is 0.0597. The summed E-state index contributed by atoms with van der Waals surface area (Å²) >= 11 is 5.16. The lowest BCUT2D eigenvalue weighted by Gasteiger charge is -2.40. The third kappa shape index (κ3) is 2.60. The zero-order valence-corrected chi connectivity index (χ0v) is 14.4. The first-order chi connectivity index (χ1) is 10.1. The molecule has 0 bridgehead atoms. The van der Waals surface area contributed by atoms with E-state index in [9.17, 15) is 4.79 Å². The van der Waals surface area contributed by atoms with Crippen molar-refractivity contribution in [1.29, 1.82) is 0 Å². The molecule has 1 N–H and O–H groups in total. The molecule has 0 unspecified atom stereocenters. The van der Waals surface area contributed by atoms with Crippen LogP contribution in [0.4, 0.5) is 5.69 Å². The van der Waals surface area contributed by atoms with Gasteiger partial charge < -0.3 is 10.2 Å². The molecular formula is C16H17BrN2OS. The van der Waals surface area contributed by atoms with Gasteiger partial charge >= 0.3 is 0 Å². The van der Waals surface area contributed by atoms with Crippen molar-refractivity contribution in [3.8, 4) is 0 Å². The fraction of sp³-hybridized carbons (Fsp3) is 0.312. The van der Waals surface area contributed by atoms with Crippen LogP contribution < -0.4 is 5.32 Å². The van der Waals surface area contributed by atoms with Crippen LogP contribution in [0, 0.1) is 0 Å². The molecule has 3 nitrogen and oxygen atoms in total. The Labute approximate surface area is 137 Å². The van der Waals surface area contributed by atoms with Gasteiger partial charge in [-0.3, -0.25) is 4.79 Å². The Morgan fingerprint density at radius 3 is 2.86 bits per heavy atom. The second-order valence-corrected chi connectivity index (χ2v) is 7.09. The predicted molar refractivity (Wildman–Crippen MR) is 90.7 cm³/mol. The molecule has 3 rings (SSSR count). The fourth-order valence-electron chi connectivity index (χ4n) is 2.60. The highest BCUT2D eigenvalue weighted by Crippen LogP contribution is 2.37. The highest BCUT2D eigenvalue weighted by atomic mass is 79.9. The molecule has 2 atom stereocenters. The number of anilines is 1. The molecule has 0 fully saturated rings. The van der Waals surface area contributed by atoms with Gasteiger partial charge in [-0.05, 0) is 47.5 Å². The number of nitrogens with zero attached hydrogens (tertiary/aromatic N) is 1. The molecule has 0 spiro atoms. The second kappa shape index (κ2) is 5.81. The smallest absolute Gasteiger partial charge is 0.258 e. The van der Waals surface area contributed by atoms with Gasteiger partial charge in [-0.25, -0.2) is 0 Å². The number of fused-ring (bicyclic) bond motifs is 1. The summed E-state index contributed by atoms with van der Waals surface area (Å²) in [6.07, 6.45) is 0.831. The lowest BCUT2D eigenvalue weighted by Crippen LogP contribution is -2.47. The number of amides is 1. The van der Waals surface area contributed by atoms with Gasteiger partial charge in [-0.2, -0.15) is 0 Å². The zero-order valence-electron chi connectivity index (χ0n) is 12.0. The van der Waals surface area contributed by atoms with Gasteiger partial charge in [0.2, 0.25) is 0 Å². The summed E-state index contributed by atoms with van der Waals surface area (Å²) in [6.45, 7) is 4.21. The van der Waals surface area contributed by atoms with Crippen molar-refractivity contribution in [3.63, 3.8) is 0 Å². The van der Waals surface area contributed by atoms with Crippen molar-refractivity contribution in [2.45, 2.75) is 32.5 Å². The van der Waals surface area contributed by atoms with Gasteiger partial charge in [0.15, 0.2) is 0 Å². The van der Waals surface area contributed by atoms with Crippen molar-refractivity contribution in [2.75, 3.05) is 5.32 Å². The average molecular weight is 365 g/mol. The molecule has 1 aromatic carbocycles. The van der Waals surface area contributed by atoms with Crippen LogP contribution in [0.3, 0.4) is 0 Å². The maximum atomic E-state index is 12.9. The lowest BCUT2D eigenvalue weighted by atomic mass is 10.0. The van der Waals surface area contributed by atoms with Crippen LogP contribution in [0.25, 0.3) is 0 Å². The van der Waals surface area contributed by atoms with E-state index in [1.165, 1.54) is 0 Å². The van der Waals surface area contributed by atoms with E-state index in [4.69, 9.17) is 0 Å². The SMILES string of the molecule is CC[C@@H](C)N1C(=O)c2ccccc2N[C@H]1c1cc(Br)cs1. The van der Waals surface area contributed by atoms with E-state index >= 15 is 0 Å². The van der Waals surface area contributed by atoms with Crippen molar-refractivity contribution < 1.29 is 4.79 Å². The van der Waals surface area contributed by atoms with E-state index < -0.39 is 0 Å². The Morgan fingerprint density at radius 2 is 2.19 bits per heavy atom. The van der Waals surface area contributed by atoms with Gasteiger partial charge in [0.1, 0.15) is 6.17 Å². The number of nitrogens with one attached hydrogen (secondary N) is 1. The number of hydrogen-bond donors (Lipinski definition) is 1. The Bertz CT molecular complexity index is 670. The first-order valence-corrected chi connectivity index (χ1v) is 8.71. The van der Waals surface area contributed by atoms with Crippen molar-refractivity contribution >= 4 is 38.9 Å². The summed E-state index contributed by atoms with van der Waals surface area (Å²) in [5.41, 5.74) is 1.67. The molecule has 0 aliphatic carbocycles. The van der Waals surface area contributed by atoms with Crippen LogP contribution >= 0.6 is 27.3 Å². The number of benzene rings is 1. The quantitative estimate of drug-likeness (QED) is 0.841. The first kappa shape index (κ1) is 14.6. The van der Waals surface area contributed by atoms with Crippen LogP contribution in [0.5, 0.6) is 0 Å². The summed E-state index contributed by atoms with van der Waals surface area (Å²) < 4.78 is 1.06. The monoisotopic (exact) mass is 364 g/mol. The third-order valence-corrected chi connectivity index (χ3v) is 5.63. The Balaban J connectivity index is 2.07. The molecule has 0 radical (unpaired) electrons. The molecule has 0 saturated carbocycles. The second-order valence-electron chi connectivity index (χ2n) is 5.23. The zero-order chi connectivity index (χ0) is 15.0. The minimum absolute atomic E-state index is 0.0985. The van der Waals surface area contributed by atoms with Crippen LogP contribution in [0.1, 0.15) is 41.7 Å². The van der Waals surface area contributed by atoms with E-state index in [0.717, 1.165) is 27.0 Å². The van der Waals surface area contributed by atoms with Crippen molar-refractivity contribution in [2.24, 2.45) is 0 Å². The number of thiophene rings is 1. The topological polar surface area (TPSA) is 32.3 Å². The maximum Gasteiger partial charge on any atom is 0.258 e. The summed E-state index contributed by atoms with van der Waals surface area (Å²) in [7, 11) is 0. The van der Waals surface area contributed by atoms with E-state index in [2.05, 4.69) is 46.5 Å². The molecular weight excluding hydrogens is 348 g/mol. The minimum Gasteiger partial charge on any atom is -0.360 e. The Kier molecular flexibility index (Phi) is 4.04. The molecule has 1 aliphatic rings. The van der Waals surface area contributed by atoms with Gasteiger partial charge in [0.05, 0.1) is 5.56 Å². The first-order valence-electron chi connectivity index (χ1n) is 7.04. The molecule has 110 valence electrons. The fourth-order valence-corrected chi connectivity index (χ4v) is 4.09. The Hall–Kier alpha value is -1.33. The molecule has 0 saturated heterocycles. The standard InChI is InChI=1S/C16H17BrN2OS/c1-3-10(2)19-15(14-8-11(17)9-21-14)18-13-7-5-4-6-12(13)16(19)20/h4-10,15,18H,3H2,1-2H3/t10-,15-/m1/s1. The van der Waals surface area contributed by atoms with E-state index in [1.807, 2.05) is 29.2 Å². The summed E-state index contributed by atoms with van der Waals surface area (Å²) in [5, 5.41) is 5.57. The highest BCUT2D eigenvalue weighted by Gasteiger charge is 2.35. The number of halogens is 1. The van der Waals surface area contributed by atoms with E-state index in [1.54, 1.807) is 11.3 Å². The van der Waals surface area contributed by atoms with Gasteiger partial charge in [-0.15, -0.1) is 11.3 Å². The van der Waals surface area contributed by atoms with Gasteiger partial charge in [0, 0.05) is 26.5 Å². The highest BCUT2D eigenvalue weighted by molar-refractivity contribution is 9.10. The maximum absolute atomic E-state index is 12.9. The third-order valence-electron chi connectivity index (χ3n) is 3.89. The van der Waals surface area contributed by atoms with Crippen molar-refractivity contribution in [3.05, 3.63) is 50.6 Å². The Morgan fingerprint density at radius 1 is 1.43 bits per heavy atom. The van der Waals surface area contributed by atoms with E-state index in [-0.39, 0.29) is 18.1 Å². The molecule has 2 heterocycles.